The minimum absolute atomic E-state index is 1.07. The van der Waals surface area contributed by atoms with Crippen LogP contribution >= 0.6 is 0 Å². The first-order valence-electron chi connectivity index (χ1n) is 26.0. The lowest BCUT2D eigenvalue weighted by atomic mass is 9.50. The molecule has 0 aromatic rings. The Kier molecular flexibility index (Phi) is 10.9. The SMILES string of the molecule is CCC1CC2C(C3CC4CCCCC4C4CCCCC43)CCCC2C1[Si](C)(C)C1C(CC)CC2C(C3CC4CCCCC4C4CCCCC43)CCCC21. The molecule has 0 spiro atoms. The van der Waals surface area contributed by atoms with Crippen LogP contribution in [-0.2, 0) is 0 Å². The van der Waals surface area contributed by atoms with Crippen LogP contribution in [0.5, 0.6) is 0 Å². The van der Waals surface area contributed by atoms with Crippen LogP contribution in [0.2, 0.25) is 24.2 Å². The summed E-state index contributed by atoms with van der Waals surface area (Å²) in [5.41, 5.74) is 2.29. The smallest absolute Gasteiger partial charge is 0.0547 e. The van der Waals surface area contributed by atoms with Gasteiger partial charge in [0.2, 0.25) is 0 Å². The van der Waals surface area contributed by atoms with E-state index in [0.29, 0.717) is 0 Å². The summed E-state index contributed by atoms with van der Waals surface area (Å²) >= 11 is 0. The van der Waals surface area contributed by atoms with Crippen LogP contribution in [0.4, 0.5) is 0 Å². The van der Waals surface area contributed by atoms with Crippen LogP contribution < -0.4 is 0 Å². The largest absolute Gasteiger partial charge is 0.0689 e. The Morgan fingerprint density at radius 2 is 0.585 bits per heavy atom. The van der Waals surface area contributed by atoms with E-state index in [0.717, 1.165) is 118 Å². The number of hydrogen-bond acceptors (Lipinski definition) is 0. The Bertz CT molecular complexity index is 1140. The van der Waals surface area contributed by atoms with E-state index in [1.165, 1.54) is 12.8 Å². The van der Waals surface area contributed by atoms with E-state index in [2.05, 4.69) is 26.9 Å². The molecule has 0 saturated heterocycles. The Morgan fingerprint density at radius 3 is 0.981 bits per heavy atom. The summed E-state index contributed by atoms with van der Waals surface area (Å²) in [6.07, 6.45) is 45.0. The second-order valence-electron chi connectivity index (χ2n) is 24.0. The molecule has 53 heavy (non-hydrogen) atoms. The molecule has 0 nitrogen and oxygen atoms in total. The van der Waals surface area contributed by atoms with Gasteiger partial charge in [0, 0.05) is 0 Å². The van der Waals surface area contributed by atoms with Crippen molar-refractivity contribution in [1.29, 1.82) is 0 Å². The minimum atomic E-state index is -1.51. The molecule has 20 unspecified atom stereocenters. The maximum absolute atomic E-state index is 3.08. The summed E-state index contributed by atoms with van der Waals surface area (Å²) < 4.78 is 0. The highest BCUT2D eigenvalue weighted by Gasteiger charge is 2.63. The molecule has 1 heteroatoms. The van der Waals surface area contributed by atoms with E-state index in [4.69, 9.17) is 0 Å². The van der Waals surface area contributed by atoms with Gasteiger partial charge in [0.15, 0.2) is 0 Å². The molecule has 10 fully saturated rings. The van der Waals surface area contributed by atoms with Crippen LogP contribution in [0.1, 0.15) is 194 Å². The van der Waals surface area contributed by atoms with Gasteiger partial charge in [-0.05, 0) is 195 Å². The Morgan fingerprint density at radius 1 is 0.302 bits per heavy atom. The number of hydrogen-bond donors (Lipinski definition) is 0. The van der Waals surface area contributed by atoms with Crippen molar-refractivity contribution in [2.45, 2.75) is 218 Å². The van der Waals surface area contributed by atoms with Crippen molar-refractivity contribution in [3.63, 3.8) is 0 Å². The summed E-state index contributed by atoms with van der Waals surface area (Å²) in [7, 11) is -1.51. The molecule has 10 aliphatic rings. The molecule has 20 atom stereocenters. The monoisotopic (exact) mass is 741 g/mol. The number of rotatable bonds is 6. The fourth-order valence-electron chi connectivity index (χ4n) is 21.1. The molecule has 0 radical (unpaired) electrons. The highest BCUT2D eigenvalue weighted by molar-refractivity contribution is 6.80. The van der Waals surface area contributed by atoms with Gasteiger partial charge in [-0.25, -0.2) is 0 Å². The molecule has 0 N–H and O–H groups in total. The molecule has 0 aromatic carbocycles. The molecule has 10 rings (SSSR count). The number of fused-ring (bicyclic) bond motifs is 8. The van der Waals surface area contributed by atoms with E-state index >= 15 is 0 Å². The van der Waals surface area contributed by atoms with Gasteiger partial charge in [-0.2, -0.15) is 0 Å². The van der Waals surface area contributed by atoms with Crippen molar-refractivity contribution in [2.75, 3.05) is 0 Å². The van der Waals surface area contributed by atoms with Gasteiger partial charge in [0.05, 0.1) is 8.07 Å². The zero-order valence-electron chi connectivity index (χ0n) is 35.8. The lowest BCUT2D eigenvalue weighted by Gasteiger charge is -2.56. The molecule has 10 saturated carbocycles. The van der Waals surface area contributed by atoms with Gasteiger partial charge >= 0.3 is 0 Å². The van der Waals surface area contributed by atoms with Crippen molar-refractivity contribution in [1.82, 2.24) is 0 Å². The highest BCUT2D eigenvalue weighted by Crippen LogP contribution is 2.70. The third-order valence-corrected chi connectivity index (χ3v) is 27.6. The van der Waals surface area contributed by atoms with E-state index in [9.17, 15) is 0 Å². The average Bonchev–Trinajstić information content (AvgIpc) is 3.80. The predicted molar refractivity (Wildman–Crippen MR) is 228 cm³/mol. The molecule has 0 amide bonds. The van der Waals surface area contributed by atoms with Crippen molar-refractivity contribution in [2.24, 2.45) is 107 Å². The third kappa shape index (κ3) is 6.33. The topological polar surface area (TPSA) is 0 Å². The maximum Gasteiger partial charge on any atom is 0.0547 e. The fraction of sp³-hybridized carbons (Fsp3) is 1.00. The molecule has 0 aliphatic heterocycles. The van der Waals surface area contributed by atoms with Crippen molar-refractivity contribution in [3.05, 3.63) is 0 Å². The van der Waals surface area contributed by atoms with Gasteiger partial charge in [0.1, 0.15) is 0 Å². The first kappa shape index (κ1) is 37.5. The van der Waals surface area contributed by atoms with E-state index in [-0.39, 0.29) is 0 Å². The van der Waals surface area contributed by atoms with Crippen molar-refractivity contribution in [3.8, 4) is 0 Å². The van der Waals surface area contributed by atoms with Crippen LogP contribution in [-0.4, -0.2) is 8.07 Å². The van der Waals surface area contributed by atoms with E-state index < -0.39 is 8.07 Å². The first-order chi connectivity index (χ1) is 26.0. The zero-order chi connectivity index (χ0) is 35.8. The summed E-state index contributed by atoms with van der Waals surface area (Å²) in [6, 6.07) is 0. The molecule has 300 valence electrons. The van der Waals surface area contributed by atoms with Crippen molar-refractivity contribution < 1.29 is 0 Å². The Hall–Kier alpha value is 0.217. The van der Waals surface area contributed by atoms with E-state index in [1.807, 2.05) is 0 Å². The summed E-state index contributed by atoms with van der Waals surface area (Å²) in [5.74, 6) is 20.1. The normalized spacial score (nSPS) is 54.1. The third-order valence-electron chi connectivity index (χ3n) is 22.3. The highest BCUT2D eigenvalue weighted by atomic mass is 28.3. The van der Waals surface area contributed by atoms with Gasteiger partial charge < -0.3 is 0 Å². The summed E-state index contributed by atoms with van der Waals surface area (Å²) in [4.78, 5) is 0. The molecular formula is C52H88Si. The lowest BCUT2D eigenvalue weighted by molar-refractivity contribution is -0.0589. The second kappa shape index (κ2) is 15.4. The van der Waals surface area contributed by atoms with Crippen LogP contribution in [0.15, 0.2) is 0 Å². The average molecular weight is 741 g/mol. The van der Waals surface area contributed by atoms with E-state index in [1.54, 1.807) is 167 Å². The Labute approximate surface area is 331 Å². The molecule has 0 heterocycles. The van der Waals surface area contributed by atoms with Crippen LogP contribution in [0.25, 0.3) is 0 Å². The standard InChI is InChI=1S/C52H88Si/c1-5-33-29-49-43(47-31-35-17-7-9-19-37(35)39-21-11-13-23-41(39)47)25-15-27-45(49)51(33)53(3,4)52-34(6-2)30-50-44(26-16-28-46(50)52)48-32-36-18-8-10-20-38(36)40-22-12-14-24-42(40)48/h33-52H,5-32H2,1-4H3. The Balaban J connectivity index is 0.917. The lowest BCUT2D eigenvalue weighted by Crippen LogP contribution is -2.50. The first-order valence-corrected chi connectivity index (χ1v) is 29.1. The fourth-order valence-corrected chi connectivity index (χ4v) is 27.8. The second-order valence-corrected chi connectivity index (χ2v) is 28.9. The summed E-state index contributed by atoms with van der Waals surface area (Å²) in [5, 5.41) is 0. The van der Waals surface area contributed by atoms with Gasteiger partial charge in [-0.3, -0.25) is 0 Å². The molecular weight excluding hydrogens is 653 g/mol. The van der Waals surface area contributed by atoms with Crippen molar-refractivity contribution >= 4 is 8.07 Å². The molecule has 0 aromatic heterocycles. The molecule has 10 aliphatic carbocycles. The predicted octanol–water partition coefficient (Wildman–Crippen LogP) is 15.6. The maximum atomic E-state index is 3.08. The van der Waals surface area contributed by atoms with Gasteiger partial charge in [-0.15, -0.1) is 0 Å². The quantitative estimate of drug-likeness (QED) is 0.238. The van der Waals surface area contributed by atoms with Crippen LogP contribution in [0.3, 0.4) is 0 Å². The van der Waals surface area contributed by atoms with Gasteiger partial charge in [-0.1, -0.05) is 130 Å². The van der Waals surface area contributed by atoms with Crippen LogP contribution in [0, 0.1) is 107 Å². The minimum Gasteiger partial charge on any atom is -0.0689 e. The van der Waals surface area contributed by atoms with Gasteiger partial charge in [0.25, 0.3) is 0 Å². The molecule has 0 bridgehead atoms. The summed E-state index contributed by atoms with van der Waals surface area (Å²) in [6.45, 7) is 11.5. The zero-order valence-corrected chi connectivity index (χ0v) is 36.8.